The Kier molecular flexibility index (Phi) is 5.98. The molecule has 1 N–H and O–H groups in total. The van der Waals surface area contributed by atoms with Crippen LogP contribution in [0, 0.1) is 0 Å². The number of aromatic nitrogens is 2. The third kappa shape index (κ3) is 4.73. The molecule has 0 aliphatic heterocycles. The zero-order valence-corrected chi connectivity index (χ0v) is 11.5. The Hall–Kier alpha value is -1.09. The molecule has 17 heavy (non-hydrogen) atoms. The number of nitrogens with zero attached hydrogens (tertiary/aromatic N) is 2. The molecule has 0 aliphatic carbocycles. The third-order valence-corrected chi connectivity index (χ3v) is 2.94. The number of hydrogen-bond donors (Lipinski definition) is 1. The van der Waals surface area contributed by atoms with E-state index in [9.17, 15) is 0 Å². The molecule has 0 bridgehead atoms. The van der Waals surface area contributed by atoms with E-state index in [2.05, 4.69) is 61.1 Å². The van der Waals surface area contributed by atoms with E-state index in [1.807, 2.05) is 0 Å². The lowest BCUT2D eigenvalue weighted by Gasteiger charge is -2.12. The topological polar surface area (TPSA) is 29.9 Å². The van der Waals surface area contributed by atoms with Gasteiger partial charge in [-0.2, -0.15) is 5.10 Å². The van der Waals surface area contributed by atoms with Crippen molar-refractivity contribution in [2.24, 2.45) is 0 Å². The lowest BCUT2D eigenvalue weighted by atomic mass is 10.2. The van der Waals surface area contributed by atoms with Gasteiger partial charge in [-0.3, -0.25) is 4.68 Å². The van der Waals surface area contributed by atoms with Gasteiger partial charge in [0.05, 0.1) is 11.7 Å². The fraction of sp³-hybridized carbons (Fsp3) is 0.643. The van der Waals surface area contributed by atoms with E-state index in [0.29, 0.717) is 6.04 Å². The van der Waals surface area contributed by atoms with Gasteiger partial charge >= 0.3 is 0 Å². The van der Waals surface area contributed by atoms with Crippen molar-refractivity contribution < 1.29 is 0 Å². The van der Waals surface area contributed by atoms with Gasteiger partial charge in [0.1, 0.15) is 0 Å². The molecule has 0 aliphatic rings. The van der Waals surface area contributed by atoms with Crippen LogP contribution in [-0.4, -0.2) is 16.3 Å². The highest BCUT2D eigenvalue weighted by Crippen LogP contribution is 2.14. The van der Waals surface area contributed by atoms with E-state index in [4.69, 9.17) is 0 Å². The van der Waals surface area contributed by atoms with E-state index in [0.717, 1.165) is 31.6 Å². The Morgan fingerprint density at radius 2 is 2.12 bits per heavy atom. The molecule has 0 fully saturated rings. The number of allylic oxidation sites excluding steroid dienone is 1. The third-order valence-electron chi connectivity index (χ3n) is 2.94. The molecular formula is C14H25N3. The standard InChI is InChI=1S/C14H25N3/c1-5-14(6-2)17-10-8-13(16-17)11-15-9-7-12(3)4/h7-8,10,14-15H,5-6,9,11H2,1-4H3. The Labute approximate surface area is 105 Å². The van der Waals surface area contributed by atoms with Crippen molar-refractivity contribution in [1.82, 2.24) is 15.1 Å². The molecule has 96 valence electrons. The normalized spacial score (nSPS) is 10.9. The summed E-state index contributed by atoms with van der Waals surface area (Å²) in [7, 11) is 0. The highest BCUT2D eigenvalue weighted by atomic mass is 15.3. The van der Waals surface area contributed by atoms with E-state index in [1.54, 1.807) is 0 Å². The minimum absolute atomic E-state index is 0.543. The maximum Gasteiger partial charge on any atom is 0.0762 e. The summed E-state index contributed by atoms with van der Waals surface area (Å²) in [4.78, 5) is 0. The molecule has 0 aromatic carbocycles. The molecule has 1 aromatic rings. The predicted octanol–water partition coefficient (Wildman–Crippen LogP) is 3.30. The summed E-state index contributed by atoms with van der Waals surface area (Å²) in [6, 6.07) is 2.65. The molecule has 1 aromatic heterocycles. The van der Waals surface area contributed by atoms with Gasteiger partial charge in [-0.15, -0.1) is 0 Å². The van der Waals surface area contributed by atoms with Gasteiger partial charge in [-0.25, -0.2) is 0 Å². The van der Waals surface area contributed by atoms with E-state index >= 15 is 0 Å². The highest BCUT2D eigenvalue weighted by Gasteiger charge is 2.07. The SMILES string of the molecule is CCC(CC)n1ccc(CNCC=C(C)C)n1. The molecule has 0 spiro atoms. The van der Waals surface area contributed by atoms with Gasteiger partial charge in [0.2, 0.25) is 0 Å². The smallest absolute Gasteiger partial charge is 0.0762 e. The Bertz CT molecular complexity index is 344. The fourth-order valence-corrected chi connectivity index (χ4v) is 1.81. The lowest BCUT2D eigenvalue weighted by Crippen LogP contribution is -2.14. The molecule has 3 nitrogen and oxygen atoms in total. The largest absolute Gasteiger partial charge is 0.308 e. The minimum Gasteiger partial charge on any atom is -0.308 e. The molecule has 1 rings (SSSR count). The minimum atomic E-state index is 0.543. The average molecular weight is 235 g/mol. The Morgan fingerprint density at radius 3 is 2.71 bits per heavy atom. The molecule has 0 saturated heterocycles. The van der Waals surface area contributed by atoms with Crippen molar-refractivity contribution in [3.05, 3.63) is 29.6 Å². The van der Waals surface area contributed by atoms with E-state index in [-0.39, 0.29) is 0 Å². The second kappa shape index (κ2) is 7.28. The van der Waals surface area contributed by atoms with Crippen LogP contribution in [0.25, 0.3) is 0 Å². The number of hydrogen-bond acceptors (Lipinski definition) is 2. The van der Waals surface area contributed by atoms with Crippen LogP contribution in [0.1, 0.15) is 52.3 Å². The zero-order chi connectivity index (χ0) is 12.7. The van der Waals surface area contributed by atoms with Crippen LogP contribution in [0.3, 0.4) is 0 Å². The highest BCUT2D eigenvalue weighted by molar-refractivity contribution is 5.00. The Morgan fingerprint density at radius 1 is 1.41 bits per heavy atom. The van der Waals surface area contributed by atoms with Crippen LogP contribution in [0.2, 0.25) is 0 Å². The molecule has 0 amide bonds. The Balaban J connectivity index is 2.43. The summed E-state index contributed by atoms with van der Waals surface area (Å²) < 4.78 is 2.10. The van der Waals surface area contributed by atoms with Gasteiger partial charge in [0.15, 0.2) is 0 Å². The van der Waals surface area contributed by atoms with Crippen molar-refractivity contribution in [1.29, 1.82) is 0 Å². The molecule has 0 atom stereocenters. The van der Waals surface area contributed by atoms with Crippen molar-refractivity contribution in [3.63, 3.8) is 0 Å². The first-order chi connectivity index (χ1) is 8.17. The van der Waals surface area contributed by atoms with Gasteiger partial charge in [0.25, 0.3) is 0 Å². The van der Waals surface area contributed by atoms with E-state index < -0.39 is 0 Å². The van der Waals surface area contributed by atoms with Crippen molar-refractivity contribution in [3.8, 4) is 0 Å². The van der Waals surface area contributed by atoms with Gasteiger partial charge < -0.3 is 5.32 Å². The molecule has 0 saturated carbocycles. The van der Waals surface area contributed by atoms with Gasteiger partial charge in [0, 0.05) is 19.3 Å². The summed E-state index contributed by atoms with van der Waals surface area (Å²) >= 11 is 0. The van der Waals surface area contributed by atoms with Crippen LogP contribution in [0.5, 0.6) is 0 Å². The summed E-state index contributed by atoms with van der Waals surface area (Å²) in [5.74, 6) is 0. The maximum atomic E-state index is 4.60. The first kappa shape index (κ1) is 14.0. The first-order valence-corrected chi connectivity index (χ1v) is 6.55. The van der Waals surface area contributed by atoms with Gasteiger partial charge in [-0.05, 0) is 32.8 Å². The van der Waals surface area contributed by atoms with Gasteiger partial charge in [-0.1, -0.05) is 25.5 Å². The molecule has 1 heterocycles. The van der Waals surface area contributed by atoms with Crippen molar-refractivity contribution in [2.75, 3.05) is 6.54 Å². The number of nitrogens with one attached hydrogen (secondary N) is 1. The van der Waals surface area contributed by atoms with Crippen LogP contribution < -0.4 is 5.32 Å². The van der Waals surface area contributed by atoms with Crippen LogP contribution in [0.15, 0.2) is 23.9 Å². The first-order valence-electron chi connectivity index (χ1n) is 6.55. The summed E-state index contributed by atoms with van der Waals surface area (Å²) in [5.41, 5.74) is 2.47. The lowest BCUT2D eigenvalue weighted by molar-refractivity contribution is 0.424. The second-order valence-electron chi connectivity index (χ2n) is 4.67. The molecule has 0 unspecified atom stereocenters. The predicted molar refractivity (Wildman–Crippen MR) is 73.0 cm³/mol. The fourth-order valence-electron chi connectivity index (χ4n) is 1.81. The van der Waals surface area contributed by atoms with E-state index in [1.165, 1.54) is 5.57 Å². The van der Waals surface area contributed by atoms with Crippen molar-refractivity contribution >= 4 is 0 Å². The second-order valence-corrected chi connectivity index (χ2v) is 4.67. The quantitative estimate of drug-likeness (QED) is 0.580. The summed E-state index contributed by atoms with van der Waals surface area (Å²) in [6.07, 6.45) is 6.57. The number of rotatable bonds is 7. The molecule has 3 heteroatoms. The van der Waals surface area contributed by atoms with Crippen LogP contribution in [0.4, 0.5) is 0 Å². The van der Waals surface area contributed by atoms with Crippen LogP contribution >= 0.6 is 0 Å². The molecular weight excluding hydrogens is 210 g/mol. The monoisotopic (exact) mass is 235 g/mol. The maximum absolute atomic E-state index is 4.60. The zero-order valence-electron chi connectivity index (χ0n) is 11.5. The average Bonchev–Trinajstić information content (AvgIpc) is 2.75. The van der Waals surface area contributed by atoms with Crippen molar-refractivity contribution in [2.45, 2.75) is 53.1 Å². The van der Waals surface area contributed by atoms with Crippen LogP contribution in [-0.2, 0) is 6.54 Å². The molecule has 0 radical (unpaired) electrons. The summed E-state index contributed by atoms with van der Waals surface area (Å²) in [6.45, 7) is 10.4. The summed E-state index contributed by atoms with van der Waals surface area (Å²) in [5, 5.41) is 7.97.